The molecule has 1 aromatic heterocycles. The van der Waals surface area contributed by atoms with Gasteiger partial charge in [0.2, 0.25) is 5.89 Å². The Kier molecular flexibility index (Phi) is 3.01. The average molecular weight is 250 g/mol. The SMILES string of the molecule is OC[C@@H]1C[C@H](F)CN1Cc1nc2ccccc2o1. The number of alkyl halides is 1. The second-order valence-corrected chi connectivity index (χ2v) is 4.67. The van der Waals surface area contributed by atoms with Crippen molar-refractivity contribution in [2.45, 2.75) is 25.2 Å². The van der Waals surface area contributed by atoms with Crippen molar-refractivity contribution in [2.24, 2.45) is 0 Å². The number of aliphatic hydroxyl groups is 1. The number of aromatic nitrogens is 1. The van der Waals surface area contributed by atoms with Gasteiger partial charge in [-0.2, -0.15) is 0 Å². The van der Waals surface area contributed by atoms with Gasteiger partial charge < -0.3 is 9.52 Å². The molecule has 18 heavy (non-hydrogen) atoms. The predicted octanol–water partition coefficient (Wildman–Crippen LogP) is 1.73. The fraction of sp³-hybridized carbons (Fsp3) is 0.462. The van der Waals surface area contributed by atoms with Crippen LogP contribution in [0.4, 0.5) is 4.39 Å². The molecule has 5 heteroatoms. The van der Waals surface area contributed by atoms with Crippen LogP contribution < -0.4 is 0 Å². The van der Waals surface area contributed by atoms with Crippen LogP contribution in [0.5, 0.6) is 0 Å². The molecule has 3 rings (SSSR count). The van der Waals surface area contributed by atoms with Crippen molar-refractivity contribution >= 4 is 11.1 Å². The molecule has 4 nitrogen and oxygen atoms in total. The first-order valence-electron chi connectivity index (χ1n) is 6.09. The Bertz CT molecular complexity index is 510. The molecule has 2 heterocycles. The highest BCUT2D eigenvalue weighted by Gasteiger charge is 2.32. The van der Waals surface area contributed by atoms with E-state index < -0.39 is 6.17 Å². The summed E-state index contributed by atoms with van der Waals surface area (Å²) in [5, 5.41) is 9.21. The maximum atomic E-state index is 13.3. The number of aliphatic hydroxyl groups excluding tert-OH is 1. The van der Waals surface area contributed by atoms with Crippen molar-refractivity contribution < 1.29 is 13.9 Å². The first kappa shape index (κ1) is 11.6. The molecular weight excluding hydrogens is 235 g/mol. The summed E-state index contributed by atoms with van der Waals surface area (Å²) in [5.41, 5.74) is 1.55. The molecule has 2 atom stereocenters. The third-order valence-corrected chi connectivity index (χ3v) is 3.36. The summed E-state index contributed by atoms with van der Waals surface area (Å²) < 4.78 is 18.9. The van der Waals surface area contributed by atoms with Gasteiger partial charge in [0.25, 0.3) is 0 Å². The first-order valence-corrected chi connectivity index (χ1v) is 6.09. The Labute approximate surface area is 104 Å². The fourth-order valence-corrected chi connectivity index (χ4v) is 2.47. The van der Waals surface area contributed by atoms with Crippen LogP contribution in [-0.4, -0.2) is 40.4 Å². The number of benzene rings is 1. The zero-order valence-electron chi connectivity index (χ0n) is 9.92. The van der Waals surface area contributed by atoms with Crippen LogP contribution in [0, 0.1) is 0 Å². The van der Waals surface area contributed by atoms with E-state index in [0.717, 1.165) is 11.1 Å². The Morgan fingerprint density at radius 3 is 3.06 bits per heavy atom. The number of rotatable bonds is 3. The molecule has 1 aliphatic heterocycles. The molecule has 0 aliphatic carbocycles. The first-order chi connectivity index (χ1) is 8.76. The lowest BCUT2D eigenvalue weighted by Crippen LogP contribution is -2.31. The highest BCUT2D eigenvalue weighted by atomic mass is 19.1. The van der Waals surface area contributed by atoms with Crippen LogP contribution in [0.1, 0.15) is 12.3 Å². The van der Waals surface area contributed by atoms with Crippen LogP contribution >= 0.6 is 0 Å². The maximum Gasteiger partial charge on any atom is 0.209 e. The maximum absolute atomic E-state index is 13.3. The summed E-state index contributed by atoms with van der Waals surface area (Å²) in [7, 11) is 0. The van der Waals surface area contributed by atoms with E-state index >= 15 is 0 Å². The highest BCUT2D eigenvalue weighted by molar-refractivity contribution is 5.72. The molecule has 0 spiro atoms. The second kappa shape index (κ2) is 4.66. The summed E-state index contributed by atoms with van der Waals surface area (Å²) in [6, 6.07) is 7.40. The van der Waals surface area contributed by atoms with E-state index in [1.54, 1.807) is 0 Å². The lowest BCUT2D eigenvalue weighted by molar-refractivity contribution is 0.144. The summed E-state index contributed by atoms with van der Waals surface area (Å²) in [6.45, 7) is 0.755. The highest BCUT2D eigenvalue weighted by Crippen LogP contribution is 2.23. The van der Waals surface area contributed by atoms with Gasteiger partial charge in [-0.05, 0) is 18.6 Å². The van der Waals surface area contributed by atoms with Crippen LogP contribution in [0.15, 0.2) is 28.7 Å². The Morgan fingerprint density at radius 2 is 2.28 bits per heavy atom. The lowest BCUT2D eigenvalue weighted by atomic mass is 10.2. The molecule has 0 radical (unpaired) electrons. The van der Waals surface area contributed by atoms with Crippen molar-refractivity contribution in [3.05, 3.63) is 30.2 Å². The number of hydrogen-bond acceptors (Lipinski definition) is 4. The molecule has 1 aromatic carbocycles. The predicted molar refractivity (Wildman–Crippen MR) is 64.8 cm³/mol. The molecule has 2 aromatic rings. The van der Waals surface area contributed by atoms with E-state index in [0.29, 0.717) is 25.4 Å². The molecule has 1 N–H and O–H groups in total. The van der Waals surface area contributed by atoms with Crippen molar-refractivity contribution in [2.75, 3.05) is 13.2 Å². The average Bonchev–Trinajstić information content (AvgIpc) is 2.92. The zero-order valence-corrected chi connectivity index (χ0v) is 9.92. The summed E-state index contributed by atoms with van der Waals surface area (Å²) in [6.07, 6.45) is -0.483. The van der Waals surface area contributed by atoms with Gasteiger partial charge in [0.1, 0.15) is 11.7 Å². The van der Waals surface area contributed by atoms with E-state index in [4.69, 9.17) is 4.42 Å². The fourth-order valence-electron chi connectivity index (χ4n) is 2.47. The number of nitrogens with zero attached hydrogens (tertiary/aromatic N) is 2. The van der Waals surface area contributed by atoms with Gasteiger partial charge in [-0.25, -0.2) is 9.37 Å². The van der Waals surface area contributed by atoms with Gasteiger partial charge in [-0.3, -0.25) is 4.90 Å². The molecule has 96 valence electrons. The van der Waals surface area contributed by atoms with Crippen LogP contribution in [-0.2, 0) is 6.54 Å². The minimum absolute atomic E-state index is 0.0271. The zero-order chi connectivity index (χ0) is 12.5. The standard InChI is InChI=1S/C13H15FN2O2/c14-9-5-10(8-17)16(6-9)7-13-15-11-3-1-2-4-12(11)18-13/h1-4,9-10,17H,5-8H2/t9-,10-/m0/s1. The van der Waals surface area contributed by atoms with Gasteiger partial charge in [-0.15, -0.1) is 0 Å². The normalized spacial score (nSPS) is 25.0. The minimum atomic E-state index is -0.869. The van der Waals surface area contributed by atoms with Gasteiger partial charge in [0.15, 0.2) is 5.58 Å². The minimum Gasteiger partial charge on any atom is -0.439 e. The van der Waals surface area contributed by atoms with Gasteiger partial charge in [0, 0.05) is 12.6 Å². The van der Waals surface area contributed by atoms with Crippen LogP contribution in [0.25, 0.3) is 11.1 Å². The molecule has 1 saturated heterocycles. The number of oxazole rings is 1. The van der Waals surface area contributed by atoms with Crippen molar-refractivity contribution in [1.82, 2.24) is 9.88 Å². The molecule has 0 saturated carbocycles. The number of fused-ring (bicyclic) bond motifs is 1. The Morgan fingerprint density at radius 1 is 1.44 bits per heavy atom. The van der Waals surface area contributed by atoms with Gasteiger partial charge in [-0.1, -0.05) is 12.1 Å². The van der Waals surface area contributed by atoms with E-state index in [9.17, 15) is 9.50 Å². The molecular formula is C13H15FN2O2. The molecule has 0 amide bonds. The van der Waals surface area contributed by atoms with E-state index in [1.807, 2.05) is 29.2 Å². The number of hydrogen-bond donors (Lipinski definition) is 1. The monoisotopic (exact) mass is 250 g/mol. The van der Waals surface area contributed by atoms with Gasteiger partial charge in [0.05, 0.1) is 13.2 Å². The van der Waals surface area contributed by atoms with Crippen molar-refractivity contribution in [3.63, 3.8) is 0 Å². The topological polar surface area (TPSA) is 49.5 Å². The van der Waals surface area contributed by atoms with Crippen LogP contribution in [0.3, 0.4) is 0 Å². The Hall–Kier alpha value is -1.46. The van der Waals surface area contributed by atoms with E-state index in [-0.39, 0.29) is 12.6 Å². The third kappa shape index (κ3) is 2.11. The lowest BCUT2D eigenvalue weighted by Gasteiger charge is -2.19. The largest absolute Gasteiger partial charge is 0.439 e. The number of para-hydroxylation sites is 2. The van der Waals surface area contributed by atoms with Crippen LogP contribution in [0.2, 0.25) is 0 Å². The Balaban J connectivity index is 1.79. The molecule has 1 aliphatic rings. The van der Waals surface area contributed by atoms with E-state index in [1.165, 1.54) is 0 Å². The van der Waals surface area contributed by atoms with Gasteiger partial charge >= 0.3 is 0 Å². The second-order valence-electron chi connectivity index (χ2n) is 4.67. The summed E-state index contributed by atoms with van der Waals surface area (Å²) in [4.78, 5) is 6.24. The molecule has 0 bridgehead atoms. The summed E-state index contributed by atoms with van der Waals surface area (Å²) in [5.74, 6) is 0.573. The van der Waals surface area contributed by atoms with E-state index in [2.05, 4.69) is 4.98 Å². The molecule has 0 unspecified atom stereocenters. The molecule has 1 fully saturated rings. The van der Waals surface area contributed by atoms with Crippen molar-refractivity contribution in [1.29, 1.82) is 0 Å². The third-order valence-electron chi connectivity index (χ3n) is 3.36. The number of halogens is 1. The smallest absolute Gasteiger partial charge is 0.209 e. The summed E-state index contributed by atoms with van der Waals surface area (Å²) >= 11 is 0. The number of likely N-dealkylation sites (tertiary alicyclic amines) is 1. The van der Waals surface area contributed by atoms with Crippen molar-refractivity contribution in [3.8, 4) is 0 Å². The quantitative estimate of drug-likeness (QED) is 0.901.